The first-order chi connectivity index (χ1) is 9.39. The summed E-state index contributed by atoms with van der Waals surface area (Å²) in [6.07, 6.45) is 0. The molecule has 0 radical (unpaired) electrons. The van der Waals surface area contributed by atoms with Gasteiger partial charge in [0, 0.05) is 32.7 Å². The van der Waals surface area contributed by atoms with E-state index in [-0.39, 0.29) is 0 Å². The van der Waals surface area contributed by atoms with Crippen LogP contribution in [-0.4, -0.2) is 60.4 Å². The predicted octanol–water partition coefficient (Wildman–Crippen LogP) is 0.565. The smallest absolute Gasteiger partial charge is 0.238 e. The second-order valence-corrected chi connectivity index (χ2v) is 5.84. The van der Waals surface area contributed by atoms with E-state index in [1.807, 2.05) is 26.0 Å². The molecule has 1 aliphatic heterocycles. The second kappa shape index (κ2) is 5.85. The lowest BCUT2D eigenvalue weighted by Gasteiger charge is -2.37. The molecule has 0 bridgehead atoms. The zero-order chi connectivity index (χ0) is 14.8. The molecule has 112 valence electrons. The Balaban J connectivity index is 1.97. The average Bonchev–Trinajstić information content (AvgIpc) is 2.38. The maximum atomic E-state index is 9.85. The molecule has 1 aromatic heterocycles. The van der Waals surface area contributed by atoms with Crippen molar-refractivity contribution in [1.82, 2.24) is 9.88 Å². The van der Waals surface area contributed by atoms with E-state index in [2.05, 4.69) is 14.8 Å². The van der Waals surface area contributed by atoms with Gasteiger partial charge < -0.3 is 20.5 Å². The number of piperazine rings is 1. The molecule has 1 saturated heterocycles. The zero-order valence-electron chi connectivity index (χ0n) is 12.5. The Bertz CT molecular complexity index is 451. The summed E-state index contributed by atoms with van der Waals surface area (Å²) >= 11 is 0. The van der Waals surface area contributed by atoms with Crippen LogP contribution >= 0.6 is 0 Å². The van der Waals surface area contributed by atoms with Gasteiger partial charge >= 0.3 is 0 Å². The minimum absolute atomic E-state index is 0.474. The lowest BCUT2D eigenvalue weighted by molar-refractivity contribution is 0.0344. The van der Waals surface area contributed by atoms with Crippen LogP contribution in [0.5, 0.6) is 5.88 Å². The Kier molecular flexibility index (Phi) is 4.35. The van der Waals surface area contributed by atoms with Crippen LogP contribution in [0, 0.1) is 0 Å². The van der Waals surface area contributed by atoms with Gasteiger partial charge in [0.25, 0.3) is 0 Å². The summed E-state index contributed by atoms with van der Waals surface area (Å²) in [5.74, 6) is 1.36. The van der Waals surface area contributed by atoms with Crippen LogP contribution in [0.1, 0.15) is 13.8 Å². The predicted molar refractivity (Wildman–Crippen MR) is 80.2 cm³/mol. The van der Waals surface area contributed by atoms with Crippen molar-refractivity contribution in [3.05, 3.63) is 12.1 Å². The van der Waals surface area contributed by atoms with Crippen molar-refractivity contribution in [3.63, 3.8) is 0 Å². The second-order valence-electron chi connectivity index (χ2n) is 5.84. The summed E-state index contributed by atoms with van der Waals surface area (Å²) in [7, 11) is 1.57. The molecule has 20 heavy (non-hydrogen) atoms. The summed E-state index contributed by atoms with van der Waals surface area (Å²) in [4.78, 5) is 8.90. The molecule has 0 aliphatic carbocycles. The highest BCUT2D eigenvalue weighted by Crippen LogP contribution is 2.23. The number of nitrogen functional groups attached to an aromatic ring is 1. The summed E-state index contributed by atoms with van der Waals surface area (Å²) in [6, 6.07) is 3.74. The number of hydrogen-bond acceptors (Lipinski definition) is 6. The number of rotatable bonds is 4. The van der Waals surface area contributed by atoms with Gasteiger partial charge in [-0.15, -0.1) is 0 Å². The molecule has 1 aromatic rings. The van der Waals surface area contributed by atoms with Gasteiger partial charge in [-0.25, -0.2) is 0 Å². The minimum atomic E-state index is -0.648. The van der Waals surface area contributed by atoms with Crippen LogP contribution in [0.4, 0.5) is 11.5 Å². The van der Waals surface area contributed by atoms with Gasteiger partial charge in [0.1, 0.15) is 5.82 Å². The number of nitrogens with zero attached hydrogens (tertiary/aromatic N) is 3. The van der Waals surface area contributed by atoms with Crippen LogP contribution in [-0.2, 0) is 0 Å². The molecule has 0 saturated carbocycles. The highest BCUT2D eigenvalue weighted by molar-refractivity contribution is 5.54. The largest absolute Gasteiger partial charge is 0.479 e. The fourth-order valence-corrected chi connectivity index (χ4v) is 2.46. The number of anilines is 2. The number of ether oxygens (including phenoxy) is 1. The van der Waals surface area contributed by atoms with Crippen LogP contribution < -0.4 is 15.4 Å². The van der Waals surface area contributed by atoms with Gasteiger partial charge in [0.2, 0.25) is 5.88 Å². The summed E-state index contributed by atoms with van der Waals surface area (Å²) in [6.45, 7) is 7.97. The van der Waals surface area contributed by atoms with Gasteiger partial charge in [0.15, 0.2) is 0 Å². The molecule has 1 fully saturated rings. The maximum absolute atomic E-state index is 9.85. The highest BCUT2D eigenvalue weighted by atomic mass is 16.5. The van der Waals surface area contributed by atoms with Crippen molar-refractivity contribution in [2.45, 2.75) is 19.4 Å². The summed E-state index contributed by atoms with van der Waals surface area (Å²) < 4.78 is 5.16. The number of methoxy groups -OCH3 is 1. The minimum Gasteiger partial charge on any atom is -0.479 e. The van der Waals surface area contributed by atoms with Crippen molar-refractivity contribution in [2.24, 2.45) is 0 Å². The lowest BCUT2D eigenvalue weighted by Crippen LogP contribution is -2.50. The van der Waals surface area contributed by atoms with Crippen LogP contribution in [0.15, 0.2) is 12.1 Å². The number of nitrogens with two attached hydrogens (primary N) is 1. The monoisotopic (exact) mass is 280 g/mol. The molecular weight excluding hydrogens is 256 g/mol. The molecule has 2 heterocycles. The van der Waals surface area contributed by atoms with E-state index in [4.69, 9.17) is 10.5 Å². The van der Waals surface area contributed by atoms with Gasteiger partial charge in [-0.05, 0) is 26.0 Å². The van der Waals surface area contributed by atoms with Crippen molar-refractivity contribution in [2.75, 3.05) is 50.5 Å². The number of β-amino-alcohol motifs (C(OH)–C–C–N with tert-alkyl or cyclic N) is 1. The third-order valence-electron chi connectivity index (χ3n) is 3.38. The van der Waals surface area contributed by atoms with E-state index in [0.717, 1.165) is 32.0 Å². The topological polar surface area (TPSA) is 74.8 Å². The molecule has 0 atom stereocenters. The quantitative estimate of drug-likeness (QED) is 0.839. The van der Waals surface area contributed by atoms with E-state index in [9.17, 15) is 5.11 Å². The Labute approximate surface area is 120 Å². The molecule has 3 N–H and O–H groups in total. The first-order valence-corrected chi connectivity index (χ1v) is 6.89. The number of pyridine rings is 1. The molecule has 0 spiro atoms. The van der Waals surface area contributed by atoms with Gasteiger partial charge in [-0.3, -0.25) is 4.90 Å². The average molecular weight is 280 g/mol. The van der Waals surface area contributed by atoms with Crippen LogP contribution in [0.3, 0.4) is 0 Å². The van der Waals surface area contributed by atoms with Gasteiger partial charge in [-0.2, -0.15) is 4.98 Å². The summed E-state index contributed by atoms with van der Waals surface area (Å²) in [5.41, 5.74) is 5.68. The first-order valence-electron chi connectivity index (χ1n) is 6.89. The van der Waals surface area contributed by atoms with Gasteiger partial charge in [-0.1, -0.05) is 0 Å². The van der Waals surface area contributed by atoms with Crippen LogP contribution in [0.2, 0.25) is 0 Å². The molecule has 6 heteroatoms. The number of aliphatic hydroxyl groups is 1. The Morgan fingerprint density at radius 1 is 1.30 bits per heavy atom. The van der Waals surface area contributed by atoms with Crippen molar-refractivity contribution >= 4 is 11.5 Å². The normalized spacial score (nSPS) is 17.3. The standard InChI is InChI=1S/C14H24N4O2/c1-14(2,19)10-17-6-8-18(9-7-17)12-5-4-11(15)13(16-12)20-3/h4-5,19H,6-10,15H2,1-3H3. The first kappa shape index (κ1) is 14.9. The van der Waals surface area contributed by atoms with Crippen molar-refractivity contribution in [3.8, 4) is 5.88 Å². The SMILES string of the molecule is COc1nc(N2CCN(CC(C)(C)O)CC2)ccc1N. The molecule has 2 rings (SSSR count). The Morgan fingerprint density at radius 2 is 1.95 bits per heavy atom. The third kappa shape index (κ3) is 3.74. The molecule has 0 unspecified atom stereocenters. The van der Waals surface area contributed by atoms with Crippen molar-refractivity contribution in [1.29, 1.82) is 0 Å². The summed E-state index contributed by atoms with van der Waals surface area (Å²) in [5, 5.41) is 9.85. The van der Waals surface area contributed by atoms with E-state index in [1.165, 1.54) is 0 Å². The van der Waals surface area contributed by atoms with Crippen LogP contribution in [0.25, 0.3) is 0 Å². The molecule has 0 aromatic carbocycles. The van der Waals surface area contributed by atoms with Gasteiger partial charge in [0.05, 0.1) is 18.4 Å². The van der Waals surface area contributed by atoms with E-state index >= 15 is 0 Å². The van der Waals surface area contributed by atoms with E-state index < -0.39 is 5.60 Å². The highest BCUT2D eigenvalue weighted by Gasteiger charge is 2.23. The maximum Gasteiger partial charge on any atom is 0.238 e. The van der Waals surface area contributed by atoms with E-state index in [0.29, 0.717) is 18.1 Å². The Morgan fingerprint density at radius 3 is 2.50 bits per heavy atom. The Hall–Kier alpha value is -1.53. The van der Waals surface area contributed by atoms with Crippen molar-refractivity contribution < 1.29 is 9.84 Å². The number of hydrogen-bond donors (Lipinski definition) is 2. The zero-order valence-corrected chi connectivity index (χ0v) is 12.5. The molecular formula is C14H24N4O2. The number of aromatic nitrogens is 1. The third-order valence-corrected chi connectivity index (χ3v) is 3.38. The molecule has 6 nitrogen and oxygen atoms in total. The molecule has 1 aliphatic rings. The fraction of sp³-hybridized carbons (Fsp3) is 0.643. The van der Waals surface area contributed by atoms with E-state index in [1.54, 1.807) is 7.11 Å². The molecule has 0 amide bonds. The lowest BCUT2D eigenvalue weighted by atomic mass is 10.1. The fourth-order valence-electron chi connectivity index (χ4n) is 2.46.